The Hall–Kier alpha value is 0.246. The molecule has 0 fully saturated rings. The molecule has 0 saturated carbocycles. The zero-order chi connectivity index (χ0) is 30.3. The van der Waals surface area contributed by atoms with E-state index in [1.165, 1.54) is 158 Å². The maximum absolute atomic E-state index is 12.1. The Morgan fingerprint density at radius 3 is 1.33 bits per heavy atom. The number of hydrogen-bond donors (Lipinski definition) is 0. The predicted molar refractivity (Wildman–Crippen MR) is 181 cm³/mol. The molecule has 0 unspecified atom stereocenters. The molecule has 0 aliphatic heterocycles. The van der Waals surface area contributed by atoms with Gasteiger partial charge in [-0.05, 0) is 59.7 Å². The van der Waals surface area contributed by atoms with Crippen molar-refractivity contribution in [2.75, 3.05) is 0 Å². The summed E-state index contributed by atoms with van der Waals surface area (Å²) in [7, 11) is -4.51. The van der Waals surface area contributed by atoms with Gasteiger partial charge in [0.15, 0.2) is 0 Å². The van der Waals surface area contributed by atoms with E-state index in [4.69, 9.17) is 0 Å². The standard InChI is InChI=1S/C38H64O3S.K/c1-3-5-7-9-11-13-15-17-19-21-23-25-28-34-32-35(36-30-27-31-38(37(36)33-34)42(39,40)41)29-26-24-22-20-18-16-14-12-10-8-6-4-2;/h27,30-33H,3-26,28-29H2,1-2H3,(H,39,40,41);/q;+1/p-1. The third-order valence-electron chi connectivity index (χ3n) is 8.99. The van der Waals surface area contributed by atoms with E-state index in [0.29, 0.717) is 5.39 Å². The molecule has 0 amide bonds. The van der Waals surface area contributed by atoms with Crippen molar-refractivity contribution in [1.82, 2.24) is 0 Å². The summed E-state index contributed by atoms with van der Waals surface area (Å²) in [6, 6.07) is 9.47. The van der Waals surface area contributed by atoms with E-state index in [2.05, 4.69) is 19.9 Å². The SMILES string of the molecule is CCCCCCCCCCCCCCc1cc(CCCCCCCCCCCCCC)c2cccc(S(=O)(=O)[O-])c2c1.[K+]. The summed E-state index contributed by atoms with van der Waals surface area (Å²) < 4.78 is 36.2. The van der Waals surface area contributed by atoms with Crippen LogP contribution in [0.1, 0.15) is 179 Å². The van der Waals surface area contributed by atoms with E-state index in [9.17, 15) is 13.0 Å². The summed E-state index contributed by atoms with van der Waals surface area (Å²) in [5.41, 5.74) is 2.39. The quantitative estimate of drug-likeness (QED) is 0.0557. The van der Waals surface area contributed by atoms with Gasteiger partial charge in [0, 0.05) is 0 Å². The first-order valence-corrected chi connectivity index (χ1v) is 19.4. The van der Waals surface area contributed by atoms with Crippen molar-refractivity contribution >= 4 is 20.9 Å². The van der Waals surface area contributed by atoms with Gasteiger partial charge in [-0.3, -0.25) is 0 Å². The van der Waals surface area contributed by atoms with Crippen molar-refractivity contribution in [3.8, 4) is 0 Å². The molecule has 0 aromatic heterocycles. The van der Waals surface area contributed by atoms with E-state index >= 15 is 0 Å². The molecule has 0 radical (unpaired) electrons. The van der Waals surface area contributed by atoms with Crippen molar-refractivity contribution in [1.29, 1.82) is 0 Å². The molecule has 0 N–H and O–H groups in total. The summed E-state index contributed by atoms with van der Waals surface area (Å²) in [5.74, 6) is 0. The van der Waals surface area contributed by atoms with Gasteiger partial charge in [-0.1, -0.05) is 173 Å². The monoisotopic (exact) mass is 638 g/mol. The first kappa shape index (κ1) is 41.3. The van der Waals surface area contributed by atoms with Gasteiger partial charge in [0.1, 0.15) is 10.1 Å². The normalized spacial score (nSPS) is 11.7. The van der Waals surface area contributed by atoms with Crippen LogP contribution in [0.4, 0.5) is 0 Å². The van der Waals surface area contributed by atoms with Crippen LogP contribution in [0, 0.1) is 0 Å². The topological polar surface area (TPSA) is 57.2 Å². The van der Waals surface area contributed by atoms with Crippen LogP contribution in [0.25, 0.3) is 10.8 Å². The Labute approximate surface area is 309 Å². The third kappa shape index (κ3) is 18.9. The smallest absolute Gasteiger partial charge is 0.744 e. The Morgan fingerprint density at radius 1 is 0.512 bits per heavy atom. The molecule has 2 aromatic carbocycles. The van der Waals surface area contributed by atoms with Gasteiger partial charge in [-0.2, -0.15) is 0 Å². The van der Waals surface area contributed by atoms with Crippen LogP contribution in [0.2, 0.25) is 0 Å². The first-order valence-electron chi connectivity index (χ1n) is 18.0. The van der Waals surface area contributed by atoms with Crippen LogP contribution in [-0.2, 0) is 23.0 Å². The van der Waals surface area contributed by atoms with Gasteiger partial charge < -0.3 is 4.55 Å². The van der Waals surface area contributed by atoms with Gasteiger partial charge in [0.25, 0.3) is 0 Å². The van der Waals surface area contributed by atoms with Crippen LogP contribution in [0.15, 0.2) is 35.2 Å². The molecule has 2 aromatic rings. The molecule has 43 heavy (non-hydrogen) atoms. The second-order valence-corrected chi connectivity index (χ2v) is 14.2. The van der Waals surface area contributed by atoms with Gasteiger partial charge in [0.2, 0.25) is 0 Å². The largest absolute Gasteiger partial charge is 1.00 e. The molecule has 0 aliphatic rings. The Morgan fingerprint density at radius 2 is 0.907 bits per heavy atom. The van der Waals surface area contributed by atoms with E-state index < -0.39 is 10.1 Å². The van der Waals surface area contributed by atoms with Gasteiger partial charge in [-0.15, -0.1) is 0 Å². The average Bonchev–Trinajstić information content (AvgIpc) is 2.97. The van der Waals surface area contributed by atoms with Gasteiger partial charge >= 0.3 is 51.4 Å². The molecule has 3 nitrogen and oxygen atoms in total. The summed E-state index contributed by atoms with van der Waals surface area (Å²) in [6.07, 6.45) is 33.7. The van der Waals surface area contributed by atoms with Crippen molar-refractivity contribution in [3.63, 3.8) is 0 Å². The second kappa shape index (κ2) is 26.3. The van der Waals surface area contributed by atoms with E-state index in [1.807, 2.05) is 12.1 Å². The maximum atomic E-state index is 12.1. The van der Waals surface area contributed by atoms with Crippen LogP contribution in [0.5, 0.6) is 0 Å². The fourth-order valence-corrected chi connectivity index (χ4v) is 7.08. The Bertz CT molecular complexity index is 1070. The molecule has 0 atom stereocenters. The van der Waals surface area contributed by atoms with Crippen molar-refractivity contribution in [3.05, 3.63) is 41.5 Å². The van der Waals surface area contributed by atoms with Crippen molar-refractivity contribution in [2.24, 2.45) is 0 Å². The minimum absolute atomic E-state index is 0. The molecule has 0 saturated heterocycles. The number of rotatable bonds is 27. The third-order valence-corrected chi connectivity index (χ3v) is 9.88. The molecular weight excluding hydrogens is 576 g/mol. The van der Waals surface area contributed by atoms with E-state index in [1.54, 1.807) is 6.07 Å². The van der Waals surface area contributed by atoms with Crippen molar-refractivity contribution in [2.45, 2.75) is 186 Å². The maximum Gasteiger partial charge on any atom is 1.00 e. The number of aryl methyl sites for hydroxylation is 2. The Balaban J connectivity index is 0.00000924. The fourth-order valence-electron chi connectivity index (χ4n) is 6.40. The van der Waals surface area contributed by atoms with Gasteiger partial charge in [0.05, 0.1) is 4.90 Å². The molecule has 5 heteroatoms. The first-order chi connectivity index (χ1) is 20.5. The van der Waals surface area contributed by atoms with Gasteiger partial charge in [-0.25, -0.2) is 8.42 Å². The van der Waals surface area contributed by atoms with Crippen molar-refractivity contribution < 1.29 is 64.4 Å². The second-order valence-electron chi connectivity index (χ2n) is 12.8. The van der Waals surface area contributed by atoms with Crippen LogP contribution < -0.4 is 51.4 Å². The summed E-state index contributed by atoms with van der Waals surface area (Å²) >= 11 is 0. The Kier molecular flexibility index (Phi) is 25.3. The summed E-state index contributed by atoms with van der Waals surface area (Å²) in [4.78, 5) is -0.0625. The summed E-state index contributed by atoms with van der Waals surface area (Å²) in [6.45, 7) is 4.54. The average molecular weight is 639 g/mol. The number of unbranched alkanes of at least 4 members (excludes halogenated alkanes) is 22. The number of hydrogen-bond acceptors (Lipinski definition) is 3. The molecule has 2 rings (SSSR count). The molecule has 240 valence electrons. The zero-order valence-corrected chi connectivity index (χ0v) is 32.3. The minimum Gasteiger partial charge on any atom is -0.744 e. The fraction of sp³-hybridized carbons (Fsp3) is 0.737. The van der Waals surface area contributed by atoms with E-state index in [0.717, 1.165) is 31.1 Å². The molecule has 0 heterocycles. The molecule has 0 spiro atoms. The molecule has 0 aliphatic carbocycles. The zero-order valence-electron chi connectivity index (χ0n) is 28.4. The number of fused-ring (bicyclic) bond motifs is 1. The van der Waals surface area contributed by atoms with Crippen LogP contribution in [0.3, 0.4) is 0 Å². The van der Waals surface area contributed by atoms with E-state index in [-0.39, 0.29) is 56.3 Å². The molecular formula is C38H63KO3S. The van der Waals surface area contributed by atoms with Crippen LogP contribution >= 0.6 is 0 Å². The predicted octanol–water partition coefficient (Wildman–Crippen LogP) is 9.24. The minimum atomic E-state index is -4.51. The van der Waals surface area contributed by atoms with Crippen LogP contribution in [-0.4, -0.2) is 13.0 Å². The molecule has 0 bridgehead atoms. The summed E-state index contributed by atoms with van der Waals surface area (Å²) in [5, 5.41) is 1.56. The number of benzene rings is 2.